The maximum atomic E-state index is 11.7. The van der Waals surface area contributed by atoms with Gasteiger partial charge in [0.2, 0.25) is 0 Å². The van der Waals surface area contributed by atoms with Crippen LogP contribution in [0.15, 0.2) is 12.2 Å². The zero-order valence-electron chi connectivity index (χ0n) is 9.26. The molecule has 2 bridgehead atoms. The van der Waals surface area contributed by atoms with Gasteiger partial charge in [0.1, 0.15) is 0 Å². The molecule has 2 unspecified atom stereocenters. The first-order chi connectivity index (χ1) is 8.06. The summed E-state index contributed by atoms with van der Waals surface area (Å²) < 4.78 is 0. The van der Waals surface area contributed by atoms with Crippen LogP contribution in [0.5, 0.6) is 0 Å². The van der Waals surface area contributed by atoms with Crippen LogP contribution in [-0.2, 0) is 9.59 Å². The van der Waals surface area contributed by atoms with Crippen molar-refractivity contribution in [3.05, 3.63) is 12.2 Å². The number of rotatable bonds is 2. The smallest absolute Gasteiger partial charge is 0.328 e. The minimum Gasteiger partial charge on any atom is -0.478 e. The molecule has 2 N–H and O–H groups in total. The number of amides is 3. The summed E-state index contributed by atoms with van der Waals surface area (Å²) in [5.41, 5.74) is 0. The lowest BCUT2D eigenvalue weighted by atomic mass is 10.1. The van der Waals surface area contributed by atoms with Gasteiger partial charge < -0.3 is 10.0 Å². The Labute approximate surface area is 98.3 Å². The second-order valence-electron chi connectivity index (χ2n) is 4.45. The number of carboxylic acids is 1. The highest BCUT2D eigenvalue weighted by Crippen LogP contribution is 2.37. The molecular formula is C11H14N2O4. The van der Waals surface area contributed by atoms with E-state index in [1.165, 1.54) is 0 Å². The first-order valence-electron chi connectivity index (χ1n) is 5.59. The third-order valence-electron chi connectivity index (χ3n) is 3.28. The molecule has 0 radical (unpaired) electrons. The molecule has 0 spiro atoms. The van der Waals surface area contributed by atoms with Crippen molar-refractivity contribution in [3.63, 3.8) is 0 Å². The van der Waals surface area contributed by atoms with E-state index in [2.05, 4.69) is 5.32 Å². The van der Waals surface area contributed by atoms with Gasteiger partial charge in [-0.3, -0.25) is 10.1 Å². The molecule has 0 aromatic heterocycles. The highest BCUT2D eigenvalue weighted by molar-refractivity contribution is 6.02. The number of hydrogen-bond acceptors (Lipinski definition) is 3. The number of carbonyl (C=O) groups is 3. The van der Waals surface area contributed by atoms with Crippen molar-refractivity contribution in [2.75, 3.05) is 6.54 Å². The van der Waals surface area contributed by atoms with Crippen molar-refractivity contribution in [2.24, 2.45) is 5.92 Å². The molecule has 92 valence electrons. The van der Waals surface area contributed by atoms with Crippen LogP contribution in [0.4, 0.5) is 4.79 Å². The van der Waals surface area contributed by atoms with Gasteiger partial charge in [-0.15, -0.1) is 0 Å². The average Bonchev–Trinajstić information content (AvgIpc) is 2.87. The summed E-state index contributed by atoms with van der Waals surface area (Å²) in [5, 5.41) is 10.5. The summed E-state index contributed by atoms with van der Waals surface area (Å²) in [6.45, 7) is 0.701. The molecular weight excluding hydrogens is 224 g/mol. The molecule has 3 amide bonds. The van der Waals surface area contributed by atoms with Crippen LogP contribution in [0.2, 0.25) is 0 Å². The number of urea groups is 1. The Hall–Kier alpha value is -1.85. The molecule has 1 heterocycles. The first kappa shape index (κ1) is 11.6. The van der Waals surface area contributed by atoms with Crippen molar-refractivity contribution < 1.29 is 19.5 Å². The summed E-state index contributed by atoms with van der Waals surface area (Å²) in [5.74, 6) is -1.34. The second-order valence-corrected chi connectivity index (χ2v) is 4.45. The summed E-state index contributed by atoms with van der Waals surface area (Å²) >= 11 is 0. The highest BCUT2D eigenvalue weighted by Gasteiger charge is 2.40. The maximum absolute atomic E-state index is 11.7. The fourth-order valence-electron chi connectivity index (χ4n) is 2.54. The van der Waals surface area contributed by atoms with Gasteiger partial charge in [0.05, 0.1) is 0 Å². The fourth-order valence-corrected chi connectivity index (χ4v) is 2.54. The lowest BCUT2D eigenvalue weighted by Gasteiger charge is -2.26. The fraction of sp³-hybridized carbons (Fsp3) is 0.545. The zero-order chi connectivity index (χ0) is 12.4. The van der Waals surface area contributed by atoms with E-state index in [0.29, 0.717) is 18.5 Å². The molecule has 2 atom stereocenters. The maximum Gasteiger partial charge on any atom is 0.328 e. The van der Waals surface area contributed by atoms with Crippen LogP contribution in [0.1, 0.15) is 19.3 Å². The minimum absolute atomic E-state index is 0.247. The lowest BCUT2D eigenvalue weighted by molar-refractivity contribution is -0.131. The van der Waals surface area contributed by atoms with Crippen LogP contribution in [0.25, 0.3) is 0 Å². The van der Waals surface area contributed by atoms with Gasteiger partial charge in [-0.05, 0) is 25.2 Å². The Bertz CT molecular complexity index is 391. The Morgan fingerprint density at radius 3 is 2.53 bits per heavy atom. The van der Waals surface area contributed by atoms with Crippen LogP contribution >= 0.6 is 0 Å². The minimum atomic E-state index is -1.21. The zero-order valence-corrected chi connectivity index (χ0v) is 9.26. The molecule has 6 nitrogen and oxygen atoms in total. The Kier molecular flexibility index (Phi) is 3.12. The second kappa shape index (κ2) is 4.57. The summed E-state index contributed by atoms with van der Waals surface area (Å²) in [7, 11) is 0. The number of carbonyl (C=O) groups excluding carboxylic acids is 2. The predicted octanol–water partition coefficient (Wildman–Crippen LogP) is 0.348. The van der Waals surface area contributed by atoms with Crippen LogP contribution < -0.4 is 5.32 Å². The number of hydrogen-bond donors (Lipinski definition) is 2. The number of aliphatic carboxylic acids is 1. The van der Waals surface area contributed by atoms with Crippen molar-refractivity contribution in [2.45, 2.75) is 25.3 Å². The van der Waals surface area contributed by atoms with E-state index >= 15 is 0 Å². The van der Waals surface area contributed by atoms with Gasteiger partial charge in [0.25, 0.3) is 5.91 Å². The van der Waals surface area contributed by atoms with Crippen LogP contribution in [0.3, 0.4) is 0 Å². The molecule has 0 aromatic rings. The molecule has 0 aromatic carbocycles. The van der Waals surface area contributed by atoms with E-state index in [0.717, 1.165) is 25.3 Å². The predicted molar refractivity (Wildman–Crippen MR) is 58.1 cm³/mol. The third kappa shape index (κ3) is 2.64. The van der Waals surface area contributed by atoms with Gasteiger partial charge in [-0.2, -0.15) is 0 Å². The molecule has 1 saturated heterocycles. The topological polar surface area (TPSA) is 86.7 Å². The van der Waals surface area contributed by atoms with Gasteiger partial charge in [-0.25, -0.2) is 9.59 Å². The van der Waals surface area contributed by atoms with Gasteiger partial charge in [-0.1, -0.05) is 0 Å². The number of piperidine rings is 1. The van der Waals surface area contributed by atoms with E-state index in [4.69, 9.17) is 5.11 Å². The molecule has 1 aliphatic carbocycles. The summed E-state index contributed by atoms with van der Waals surface area (Å²) in [6, 6.07) is -0.173. The number of imide groups is 1. The molecule has 2 aliphatic rings. The van der Waals surface area contributed by atoms with Crippen LogP contribution in [-0.4, -0.2) is 40.5 Å². The van der Waals surface area contributed by atoms with E-state index in [-0.39, 0.29) is 6.04 Å². The van der Waals surface area contributed by atoms with E-state index < -0.39 is 17.9 Å². The number of carboxylic acid groups (broad SMARTS) is 1. The third-order valence-corrected chi connectivity index (χ3v) is 3.28. The van der Waals surface area contributed by atoms with Crippen molar-refractivity contribution in [3.8, 4) is 0 Å². The van der Waals surface area contributed by atoms with Crippen LogP contribution in [0, 0.1) is 5.92 Å². The molecule has 2 fully saturated rings. The van der Waals surface area contributed by atoms with Crippen molar-refractivity contribution in [1.82, 2.24) is 10.2 Å². The highest BCUT2D eigenvalue weighted by atomic mass is 16.4. The molecule has 1 aliphatic heterocycles. The van der Waals surface area contributed by atoms with Gasteiger partial charge >= 0.3 is 12.0 Å². The lowest BCUT2D eigenvalue weighted by Crippen LogP contribution is -2.46. The quantitative estimate of drug-likeness (QED) is 0.679. The SMILES string of the molecule is O=C(O)/C=C/C(=O)NC(=O)N1CC2CCC1C2. The van der Waals surface area contributed by atoms with Gasteiger partial charge in [0, 0.05) is 24.7 Å². The van der Waals surface area contributed by atoms with E-state index in [1.807, 2.05) is 0 Å². The van der Waals surface area contributed by atoms with Gasteiger partial charge in [0.15, 0.2) is 0 Å². The van der Waals surface area contributed by atoms with E-state index in [9.17, 15) is 14.4 Å². The summed E-state index contributed by atoms with van der Waals surface area (Å²) in [6.07, 6.45) is 4.72. The largest absolute Gasteiger partial charge is 0.478 e. The normalized spacial score (nSPS) is 26.5. The Morgan fingerprint density at radius 2 is 2.00 bits per heavy atom. The van der Waals surface area contributed by atoms with Crippen molar-refractivity contribution in [1.29, 1.82) is 0 Å². The molecule has 17 heavy (non-hydrogen) atoms. The Balaban J connectivity index is 1.85. The molecule has 1 saturated carbocycles. The number of nitrogens with one attached hydrogen (secondary N) is 1. The number of likely N-dealkylation sites (tertiary alicyclic amines) is 1. The Morgan fingerprint density at radius 1 is 1.24 bits per heavy atom. The standard InChI is InChI=1S/C11H14N2O4/c14-9(3-4-10(15)16)12-11(17)13-6-7-1-2-8(13)5-7/h3-4,7-8H,1-2,5-6H2,(H,15,16)(H,12,14,17)/b4-3+. The monoisotopic (exact) mass is 238 g/mol. The number of nitrogens with zero attached hydrogens (tertiary/aromatic N) is 1. The first-order valence-corrected chi connectivity index (χ1v) is 5.59. The average molecular weight is 238 g/mol. The van der Waals surface area contributed by atoms with Crippen molar-refractivity contribution >= 4 is 17.9 Å². The molecule has 6 heteroatoms. The molecule has 2 rings (SSSR count). The van der Waals surface area contributed by atoms with E-state index in [1.54, 1.807) is 4.90 Å². The summed E-state index contributed by atoms with van der Waals surface area (Å²) in [4.78, 5) is 34.8. The number of fused-ring (bicyclic) bond motifs is 2.